The second kappa shape index (κ2) is 5.25. The van der Waals surface area contributed by atoms with Crippen LogP contribution < -0.4 is 5.56 Å². The molecule has 0 atom stereocenters. The smallest absolute Gasteiger partial charge is 0.259 e. The van der Waals surface area contributed by atoms with Crippen LogP contribution in [0.5, 0.6) is 0 Å². The van der Waals surface area contributed by atoms with Gasteiger partial charge in [-0.3, -0.25) is 4.79 Å². The first-order valence-corrected chi connectivity index (χ1v) is 7.47. The molecule has 2 aromatic heterocycles. The number of hydrogen-bond acceptors (Lipinski definition) is 2. The minimum Gasteiger partial charge on any atom is -0.358 e. The van der Waals surface area contributed by atoms with Crippen molar-refractivity contribution in [3.8, 4) is 0 Å². The summed E-state index contributed by atoms with van der Waals surface area (Å²) in [5.74, 6) is 0.554. The molecule has 0 radical (unpaired) electrons. The van der Waals surface area contributed by atoms with E-state index in [-0.39, 0.29) is 5.56 Å². The van der Waals surface area contributed by atoms with E-state index in [0.717, 1.165) is 22.2 Å². The number of aromatic nitrogens is 3. The summed E-state index contributed by atoms with van der Waals surface area (Å²) >= 11 is 0. The second-order valence-electron chi connectivity index (χ2n) is 5.51. The average Bonchev–Trinajstić information content (AvgIpc) is 2.88. The predicted molar refractivity (Wildman–Crippen MR) is 94.3 cm³/mol. The largest absolute Gasteiger partial charge is 0.358 e. The van der Waals surface area contributed by atoms with Crippen LogP contribution in [0.3, 0.4) is 0 Å². The summed E-state index contributed by atoms with van der Waals surface area (Å²) in [7, 11) is 0. The Bertz CT molecular complexity index is 1100. The van der Waals surface area contributed by atoms with Crippen LogP contribution in [-0.4, -0.2) is 15.0 Å². The normalized spacial score (nSPS) is 11.7. The minimum atomic E-state index is -0.120. The molecule has 4 heteroatoms. The Labute approximate surface area is 132 Å². The van der Waals surface area contributed by atoms with E-state index < -0.39 is 0 Å². The van der Waals surface area contributed by atoms with Crippen molar-refractivity contribution < 1.29 is 0 Å². The standard InChI is InChI=1S/C19H15N3O/c1-12-13(14-6-2-4-8-16(14)20-12)10-11-18-21-17-9-5-3-7-15(17)19(23)22-18/h2-11,20H,1H3,(H,21,22,23)/b11-10+. The Balaban J connectivity index is 1.82. The Hall–Kier alpha value is -3.14. The Morgan fingerprint density at radius 1 is 0.913 bits per heavy atom. The predicted octanol–water partition coefficient (Wildman–Crippen LogP) is 3.88. The highest BCUT2D eigenvalue weighted by Crippen LogP contribution is 2.23. The molecule has 0 aliphatic rings. The fourth-order valence-electron chi connectivity index (χ4n) is 2.86. The van der Waals surface area contributed by atoms with Gasteiger partial charge < -0.3 is 9.97 Å². The van der Waals surface area contributed by atoms with Gasteiger partial charge >= 0.3 is 0 Å². The molecule has 0 aliphatic carbocycles. The average molecular weight is 301 g/mol. The molecule has 112 valence electrons. The van der Waals surface area contributed by atoms with E-state index in [0.29, 0.717) is 16.7 Å². The number of rotatable bonds is 2. The first kappa shape index (κ1) is 13.5. The number of aryl methyl sites for hydroxylation is 1. The molecule has 2 heterocycles. The number of fused-ring (bicyclic) bond motifs is 2. The number of nitrogens with one attached hydrogen (secondary N) is 2. The van der Waals surface area contributed by atoms with Crippen molar-refractivity contribution in [2.75, 3.05) is 0 Å². The molecule has 23 heavy (non-hydrogen) atoms. The lowest BCUT2D eigenvalue weighted by Gasteiger charge is -1.98. The maximum atomic E-state index is 12.1. The minimum absolute atomic E-state index is 0.120. The summed E-state index contributed by atoms with van der Waals surface area (Å²) in [5, 5.41) is 1.76. The summed E-state index contributed by atoms with van der Waals surface area (Å²) in [4.78, 5) is 22.8. The molecule has 0 saturated carbocycles. The first-order valence-electron chi connectivity index (χ1n) is 7.47. The van der Waals surface area contributed by atoms with Gasteiger partial charge in [-0.15, -0.1) is 0 Å². The molecule has 2 aromatic carbocycles. The summed E-state index contributed by atoms with van der Waals surface area (Å²) in [6, 6.07) is 15.5. The zero-order valence-electron chi connectivity index (χ0n) is 12.6. The lowest BCUT2D eigenvalue weighted by atomic mass is 10.1. The van der Waals surface area contributed by atoms with Crippen molar-refractivity contribution in [3.63, 3.8) is 0 Å². The highest BCUT2D eigenvalue weighted by molar-refractivity contribution is 5.92. The highest BCUT2D eigenvalue weighted by atomic mass is 16.1. The second-order valence-corrected chi connectivity index (χ2v) is 5.51. The van der Waals surface area contributed by atoms with Crippen LogP contribution in [0.2, 0.25) is 0 Å². The zero-order valence-corrected chi connectivity index (χ0v) is 12.6. The SMILES string of the molecule is Cc1[nH]c2ccccc2c1/C=C/c1nc2ccccc2c(=O)[nH]1. The fourth-order valence-corrected chi connectivity index (χ4v) is 2.86. The number of hydrogen-bond donors (Lipinski definition) is 2. The van der Waals surface area contributed by atoms with Crippen LogP contribution in [0.25, 0.3) is 34.0 Å². The third-order valence-electron chi connectivity index (χ3n) is 3.98. The molecule has 0 aliphatic heterocycles. The molecular weight excluding hydrogens is 286 g/mol. The molecule has 2 N–H and O–H groups in total. The molecule has 0 amide bonds. The van der Waals surface area contributed by atoms with Crippen LogP contribution >= 0.6 is 0 Å². The van der Waals surface area contributed by atoms with E-state index in [1.807, 2.05) is 49.4 Å². The Kier molecular flexibility index (Phi) is 3.08. The van der Waals surface area contributed by atoms with E-state index >= 15 is 0 Å². The van der Waals surface area contributed by atoms with Gasteiger partial charge in [0.05, 0.1) is 10.9 Å². The third-order valence-corrected chi connectivity index (χ3v) is 3.98. The van der Waals surface area contributed by atoms with Crippen molar-refractivity contribution in [2.24, 2.45) is 0 Å². The first-order chi connectivity index (χ1) is 11.2. The number of benzene rings is 2. The van der Waals surface area contributed by atoms with Gasteiger partial charge in [0.1, 0.15) is 5.82 Å². The topological polar surface area (TPSA) is 61.5 Å². The van der Waals surface area contributed by atoms with Gasteiger partial charge in [0.25, 0.3) is 5.56 Å². The van der Waals surface area contributed by atoms with Crippen LogP contribution in [0.1, 0.15) is 17.1 Å². The third kappa shape index (κ3) is 2.34. The molecule has 4 rings (SSSR count). The summed E-state index contributed by atoms with van der Waals surface area (Å²) in [5.41, 5.74) is 3.88. The molecular formula is C19H15N3O. The monoisotopic (exact) mass is 301 g/mol. The van der Waals surface area contributed by atoms with Crippen molar-refractivity contribution >= 4 is 34.0 Å². The Morgan fingerprint density at radius 3 is 2.52 bits per heavy atom. The lowest BCUT2D eigenvalue weighted by molar-refractivity contribution is 1.14. The molecule has 0 unspecified atom stereocenters. The zero-order chi connectivity index (χ0) is 15.8. The van der Waals surface area contributed by atoms with Gasteiger partial charge in [-0.1, -0.05) is 30.3 Å². The van der Waals surface area contributed by atoms with Gasteiger partial charge in [0, 0.05) is 22.2 Å². The summed E-state index contributed by atoms with van der Waals surface area (Å²) in [6.45, 7) is 2.04. The molecule has 4 aromatic rings. The molecule has 0 bridgehead atoms. The van der Waals surface area contributed by atoms with Gasteiger partial charge in [-0.2, -0.15) is 0 Å². The van der Waals surface area contributed by atoms with E-state index in [2.05, 4.69) is 27.1 Å². The number of H-pyrrole nitrogens is 2. The van der Waals surface area contributed by atoms with Crippen molar-refractivity contribution in [1.29, 1.82) is 0 Å². The van der Waals surface area contributed by atoms with Crippen molar-refractivity contribution in [3.05, 3.63) is 76.0 Å². The van der Waals surface area contributed by atoms with Crippen LogP contribution in [-0.2, 0) is 0 Å². The quantitative estimate of drug-likeness (QED) is 0.590. The number of nitrogens with zero attached hydrogens (tertiary/aromatic N) is 1. The van der Waals surface area contributed by atoms with E-state index in [9.17, 15) is 4.79 Å². The van der Waals surface area contributed by atoms with Crippen molar-refractivity contribution in [1.82, 2.24) is 15.0 Å². The summed E-state index contributed by atoms with van der Waals surface area (Å²) in [6.07, 6.45) is 3.83. The van der Waals surface area contributed by atoms with Crippen LogP contribution in [0.4, 0.5) is 0 Å². The van der Waals surface area contributed by atoms with E-state index in [1.54, 1.807) is 6.07 Å². The van der Waals surface area contributed by atoms with Gasteiger partial charge in [0.2, 0.25) is 0 Å². The lowest BCUT2D eigenvalue weighted by Crippen LogP contribution is -2.09. The van der Waals surface area contributed by atoms with Gasteiger partial charge in [0.15, 0.2) is 0 Å². The van der Waals surface area contributed by atoms with Crippen molar-refractivity contribution in [2.45, 2.75) is 6.92 Å². The molecule has 0 fully saturated rings. The fraction of sp³-hybridized carbons (Fsp3) is 0.0526. The maximum Gasteiger partial charge on any atom is 0.259 e. The van der Waals surface area contributed by atoms with Gasteiger partial charge in [-0.05, 0) is 37.3 Å². The highest BCUT2D eigenvalue weighted by Gasteiger charge is 2.05. The Morgan fingerprint density at radius 2 is 1.65 bits per heavy atom. The van der Waals surface area contributed by atoms with Crippen LogP contribution in [0, 0.1) is 6.92 Å². The van der Waals surface area contributed by atoms with E-state index in [1.165, 1.54) is 0 Å². The summed E-state index contributed by atoms with van der Waals surface area (Å²) < 4.78 is 0. The number of para-hydroxylation sites is 2. The molecule has 0 spiro atoms. The molecule has 4 nitrogen and oxygen atoms in total. The van der Waals surface area contributed by atoms with E-state index in [4.69, 9.17) is 0 Å². The molecule has 0 saturated heterocycles. The van der Waals surface area contributed by atoms with Gasteiger partial charge in [-0.25, -0.2) is 4.98 Å². The van der Waals surface area contributed by atoms with Crippen LogP contribution in [0.15, 0.2) is 53.3 Å². The number of aromatic amines is 2. The maximum absolute atomic E-state index is 12.1.